The summed E-state index contributed by atoms with van der Waals surface area (Å²) in [5.74, 6) is 0. The number of aryl methyl sites for hydroxylation is 2. The van der Waals surface area contributed by atoms with E-state index < -0.39 is 0 Å². The maximum atomic E-state index is 6.08. The lowest BCUT2D eigenvalue weighted by Crippen LogP contribution is -1.93. The maximum Gasteiger partial charge on any atom is 0.122 e. The second-order valence-corrected chi connectivity index (χ2v) is 5.68. The van der Waals surface area contributed by atoms with Crippen molar-refractivity contribution in [2.24, 2.45) is 7.05 Å². The molecular formula is C12H14BrN3S. The van der Waals surface area contributed by atoms with E-state index >= 15 is 0 Å². The molecule has 1 aromatic carbocycles. The van der Waals surface area contributed by atoms with Crippen molar-refractivity contribution < 1.29 is 0 Å². The van der Waals surface area contributed by atoms with Crippen molar-refractivity contribution in [3.05, 3.63) is 34.4 Å². The van der Waals surface area contributed by atoms with Crippen LogP contribution in [0.1, 0.15) is 12.6 Å². The van der Waals surface area contributed by atoms with E-state index in [1.165, 1.54) is 0 Å². The number of hydrogen-bond acceptors (Lipinski definition) is 3. The van der Waals surface area contributed by atoms with Gasteiger partial charge in [0.2, 0.25) is 0 Å². The molecule has 0 fully saturated rings. The van der Waals surface area contributed by atoms with E-state index in [2.05, 4.69) is 40.1 Å². The Morgan fingerprint density at radius 3 is 2.82 bits per heavy atom. The van der Waals surface area contributed by atoms with Crippen molar-refractivity contribution in [2.75, 3.05) is 5.73 Å². The van der Waals surface area contributed by atoms with Crippen LogP contribution in [0.3, 0.4) is 0 Å². The molecular weight excluding hydrogens is 298 g/mol. The number of nitrogens with zero attached hydrogens (tertiary/aromatic N) is 2. The fourth-order valence-electron chi connectivity index (χ4n) is 1.60. The van der Waals surface area contributed by atoms with Gasteiger partial charge in [0.25, 0.3) is 0 Å². The highest BCUT2D eigenvalue weighted by Crippen LogP contribution is 2.34. The van der Waals surface area contributed by atoms with Crippen LogP contribution in [0, 0.1) is 0 Å². The number of anilines is 1. The number of nitrogen functional groups attached to an aromatic ring is 1. The molecule has 1 heterocycles. The number of halogens is 1. The Bertz CT molecular complexity index is 537. The fourth-order valence-corrected chi connectivity index (χ4v) is 3.11. The molecule has 0 radical (unpaired) electrons. The van der Waals surface area contributed by atoms with Crippen LogP contribution in [-0.4, -0.2) is 9.78 Å². The SMILES string of the molecule is CCc1nn(C)c(Sc2cccc(Br)c2)c1N. The maximum absolute atomic E-state index is 6.08. The van der Waals surface area contributed by atoms with E-state index in [1.54, 1.807) is 11.8 Å². The molecule has 0 saturated carbocycles. The average molecular weight is 312 g/mol. The summed E-state index contributed by atoms with van der Waals surface area (Å²) >= 11 is 5.10. The molecule has 0 bridgehead atoms. The highest BCUT2D eigenvalue weighted by atomic mass is 79.9. The summed E-state index contributed by atoms with van der Waals surface area (Å²) in [6, 6.07) is 8.16. The van der Waals surface area contributed by atoms with E-state index in [4.69, 9.17) is 5.73 Å². The van der Waals surface area contributed by atoms with Crippen molar-refractivity contribution in [3.63, 3.8) is 0 Å². The van der Waals surface area contributed by atoms with Crippen molar-refractivity contribution in [1.29, 1.82) is 0 Å². The summed E-state index contributed by atoms with van der Waals surface area (Å²) in [7, 11) is 1.93. The molecule has 17 heavy (non-hydrogen) atoms. The summed E-state index contributed by atoms with van der Waals surface area (Å²) < 4.78 is 2.92. The van der Waals surface area contributed by atoms with Gasteiger partial charge in [-0.3, -0.25) is 4.68 Å². The number of nitrogens with two attached hydrogens (primary N) is 1. The first-order valence-corrected chi connectivity index (χ1v) is 6.97. The van der Waals surface area contributed by atoms with Crippen molar-refractivity contribution >= 4 is 33.4 Å². The van der Waals surface area contributed by atoms with Gasteiger partial charge in [0.1, 0.15) is 5.03 Å². The first-order chi connectivity index (χ1) is 8.11. The molecule has 1 aromatic heterocycles. The Hall–Kier alpha value is -0.940. The van der Waals surface area contributed by atoms with Crippen molar-refractivity contribution in [2.45, 2.75) is 23.3 Å². The van der Waals surface area contributed by atoms with Crippen LogP contribution in [0.2, 0.25) is 0 Å². The van der Waals surface area contributed by atoms with E-state index in [-0.39, 0.29) is 0 Å². The standard InChI is InChI=1S/C12H14BrN3S/c1-3-10-11(14)12(16(2)15-10)17-9-6-4-5-8(13)7-9/h4-7H,3,14H2,1-2H3. The lowest BCUT2D eigenvalue weighted by Gasteiger charge is -2.03. The van der Waals surface area contributed by atoms with Gasteiger partial charge in [0.05, 0.1) is 11.4 Å². The molecule has 0 saturated heterocycles. The van der Waals surface area contributed by atoms with E-state index in [0.29, 0.717) is 0 Å². The summed E-state index contributed by atoms with van der Waals surface area (Å²) in [6.07, 6.45) is 0.860. The Labute approximate surface area is 114 Å². The molecule has 90 valence electrons. The Morgan fingerprint density at radius 1 is 1.47 bits per heavy atom. The molecule has 0 atom stereocenters. The zero-order chi connectivity index (χ0) is 12.4. The second kappa shape index (κ2) is 5.14. The molecule has 0 amide bonds. The third kappa shape index (κ3) is 2.66. The number of rotatable bonds is 3. The van der Waals surface area contributed by atoms with Gasteiger partial charge < -0.3 is 5.73 Å². The molecule has 0 spiro atoms. The summed E-state index contributed by atoms with van der Waals surface area (Å²) in [5.41, 5.74) is 7.84. The van der Waals surface area contributed by atoms with Crippen LogP contribution in [0.5, 0.6) is 0 Å². The van der Waals surface area contributed by atoms with Crippen LogP contribution in [0.4, 0.5) is 5.69 Å². The minimum Gasteiger partial charge on any atom is -0.395 e. The largest absolute Gasteiger partial charge is 0.395 e. The van der Waals surface area contributed by atoms with Crippen molar-refractivity contribution in [3.8, 4) is 0 Å². The fraction of sp³-hybridized carbons (Fsp3) is 0.250. The lowest BCUT2D eigenvalue weighted by atomic mass is 10.3. The molecule has 2 aromatic rings. The van der Waals surface area contributed by atoms with E-state index in [9.17, 15) is 0 Å². The number of hydrogen-bond donors (Lipinski definition) is 1. The zero-order valence-corrected chi connectivity index (χ0v) is 12.2. The topological polar surface area (TPSA) is 43.8 Å². The van der Waals surface area contributed by atoms with Gasteiger partial charge in [-0.25, -0.2) is 0 Å². The summed E-state index contributed by atoms with van der Waals surface area (Å²) in [4.78, 5) is 1.15. The third-order valence-corrected chi connectivity index (χ3v) is 4.11. The van der Waals surface area contributed by atoms with Gasteiger partial charge in [0, 0.05) is 16.4 Å². The molecule has 0 aliphatic rings. The quantitative estimate of drug-likeness (QED) is 0.943. The van der Waals surface area contributed by atoms with E-state index in [1.807, 2.05) is 23.9 Å². The Balaban J connectivity index is 2.33. The summed E-state index contributed by atoms with van der Waals surface area (Å²) in [6.45, 7) is 2.06. The highest BCUT2D eigenvalue weighted by Gasteiger charge is 2.13. The third-order valence-electron chi connectivity index (χ3n) is 2.45. The van der Waals surface area contributed by atoms with Crippen LogP contribution in [-0.2, 0) is 13.5 Å². The number of aromatic nitrogens is 2. The van der Waals surface area contributed by atoms with Gasteiger partial charge in [-0.05, 0) is 24.6 Å². The minimum atomic E-state index is 0.792. The molecule has 0 aliphatic heterocycles. The second-order valence-electron chi connectivity index (χ2n) is 3.70. The predicted octanol–water partition coefficient (Wildman–Crippen LogP) is 3.48. The Kier molecular flexibility index (Phi) is 3.79. The van der Waals surface area contributed by atoms with Crippen molar-refractivity contribution in [1.82, 2.24) is 9.78 Å². The minimum absolute atomic E-state index is 0.792. The molecule has 2 rings (SSSR count). The van der Waals surface area contributed by atoms with Crippen LogP contribution >= 0.6 is 27.7 Å². The normalized spacial score (nSPS) is 10.8. The molecule has 0 aliphatic carbocycles. The Morgan fingerprint density at radius 2 is 2.24 bits per heavy atom. The highest BCUT2D eigenvalue weighted by molar-refractivity contribution is 9.10. The van der Waals surface area contributed by atoms with Gasteiger partial charge in [-0.1, -0.05) is 40.7 Å². The van der Waals surface area contributed by atoms with Crippen LogP contribution < -0.4 is 5.73 Å². The smallest absolute Gasteiger partial charge is 0.122 e. The first kappa shape index (κ1) is 12.5. The predicted molar refractivity (Wildman–Crippen MR) is 75.3 cm³/mol. The monoisotopic (exact) mass is 311 g/mol. The number of benzene rings is 1. The van der Waals surface area contributed by atoms with E-state index in [0.717, 1.165) is 32.2 Å². The summed E-state index contributed by atoms with van der Waals surface area (Å²) in [5, 5.41) is 5.41. The molecule has 5 heteroatoms. The molecule has 2 N–H and O–H groups in total. The van der Waals surface area contributed by atoms with Gasteiger partial charge in [-0.2, -0.15) is 5.10 Å². The van der Waals surface area contributed by atoms with Gasteiger partial charge >= 0.3 is 0 Å². The van der Waals surface area contributed by atoms with Gasteiger partial charge in [0.15, 0.2) is 0 Å². The van der Waals surface area contributed by atoms with Crippen LogP contribution in [0.25, 0.3) is 0 Å². The molecule has 3 nitrogen and oxygen atoms in total. The zero-order valence-electron chi connectivity index (χ0n) is 9.77. The van der Waals surface area contributed by atoms with Crippen LogP contribution in [0.15, 0.2) is 38.7 Å². The lowest BCUT2D eigenvalue weighted by molar-refractivity contribution is 0.687. The average Bonchev–Trinajstić information content (AvgIpc) is 2.56. The molecule has 0 unspecified atom stereocenters. The first-order valence-electron chi connectivity index (χ1n) is 5.36. The van der Waals surface area contributed by atoms with Gasteiger partial charge in [-0.15, -0.1) is 0 Å².